The molecule has 2 atom stereocenters. The van der Waals surface area contributed by atoms with Crippen molar-refractivity contribution in [3.8, 4) is 55.6 Å². The van der Waals surface area contributed by atoms with Crippen molar-refractivity contribution in [3.63, 3.8) is 0 Å². The fourth-order valence-corrected chi connectivity index (χ4v) is 41.2. The van der Waals surface area contributed by atoms with Crippen LogP contribution in [0.2, 0.25) is 0 Å². The summed E-state index contributed by atoms with van der Waals surface area (Å²) in [4.78, 5) is 0. The maximum atomic E-state index is 9.76. The normalized spacial score (nSPS) is 17.0. The van der Waals surface area contributed by atoms with Crippen molar-refractivity contribution < 1.29 is 16.4 Å². The molecular weight excluding hydrogens is 983 g/mol. The van der Waals surface area contributed by atoms with Crippen LogP contribution in [0.15, 0.2) is 187 Å². The number of rotatable bonds is 9. The van der Waals surface area contributed by atoms with Gasteiger partial charge in [0.2, 0.25) is 0 Å². The van der Waals surface area contributed by atoms with Gasteiger partial charge < -0.3 is 0 Å². The van der Waals surface area contributed by atoms with Gasteiger partial charge in [-0.2, -0.15) is 0 Å². The molecule has 0 fully saturated rings. The van der Waals surface area contributed by atoms with E-state index in [4.69, 9.17) is 0 Å². The molecule has 0 spiro atoms. The summed E-state index contributed by atoms with van der Waals surface area (Å²) in [6, 6.07) is 65.9. The van der Waals surface area contributed by atoms with Crippen LogP contribution in [0.1, 0.15) is 96.0 Å². The minimum absolute atomic E-state index is 0.233. The molecule has 11 rings (SSSR count). The van der Waals surface area contributed by atoms with E-state index in [1.165, 1.54) is 114 Å². The standard InChI is InChI=1S/2C27H27.C12H9Si.2ClH.Zr/c2*1-5-19-11-9-10-14-23(19)26-24(20-12-7-6-8-13-20)16-15-21-17-22(18-25(21)26)27(2,3)4;1-3-7-11-9(5-1)10-6-2-4-8-12(10)13-11;;;/h2*6-18H,5H2,1-4H3;1-7H,13H2;2*1H;/q;;;;;+2/p-2. The third-order valence-electron chi connectivity index (χ3n) is 16.1. The van der Waals surface area contributed by atoms with Crippen molar-refractivity contribution in [2.75, 3.05) is 0 Å². The number of halogens is 2. The molecule has 1 heterocycles. The first-order valence-electron chi connectivity index (χ1n) is 25.5. The predicted molar refractivity (Wildman–Crippen MR) is 305 cm³/mol. The summed E-state index contributed by atoms with van der Waals surface area (Å²) >= 11 is -6.01. The van der Waals surface area contributed by atoms with Crippen LogP contribution in [0.3, 0.4) is 0 Å². The van der Waals surface area contributed by atoms with Gasteiger partial charge >= 0.3 is 431 Å². The zero-order valence-electron chi connectivity index (χ0n) is 41.9. The number of allylic oxidation sites excluding steroid dienone is 2. The van der Waals surface area contributed by atoms with E-state index in [1.807, 2.05) is 0 Å². The number of benzene rings is 8. The predicted octanol–water partition coefficient (Wildman–Crippen LogP) is 16.6. The number of hydrogen-bond donors (Lipinski definition) is 0. The van der Waals surface area contributed by atoms with Crippen LogP contribution in [-0.2, 0) is 29.2 Å². The molecule has 2 aliphatic carbocycles. The van der Waals surface area contributed by atoms with E-state index in [9.17, 15) is 17.0 Å². The van der Waals surface area contributed by atoms with Gasteiger partial charge in [-0.25, -0.2) is 0 Å². The molecule has 0 saturated carbocycles. The van der Waals surface area contributed by atoms with Crippen LogP contribution in [0, 0.1) is 10.8 Å². The van der Waals surface area contributed by atoms with E-state index >= 15 is 0 Å². The zero-order valence-corrected chi connectivity index (χ0v) is 47.3. The topological polar surface area (TPSA) is 0 Å². The van der Waals surface area contributed by atoms with Gasteiger partial charge in [0.15, 0.2) is 0 Å². The van der Waals surface area contributed by atoms with Crippen molar-refractivity contribution in [1.82, 2.24) is 0 Å². The summed E-state index contributed by atoms with van der Waals surface area (Å²) in [5, 5.41) is 2.92. The van der Waals surface area contributed by atoms with Crippen LogP contribution in [0.4, 0.5) is 0 Å². The Balaban J connectivity index is 1.29. The molecule has 2 unspecified atom stereocenters. The molecule has 3 aliphatic rings. The summed E-state index contributed by atoms with van der Waals surface area (Å²) in [6.07, 6.45) is 6.99. The summed E-state index contributed by atoms with van der Waals surface area (Å²) in [7, 11) is 18.6. The van der Waals surface area contributed by atoms with Crippen LogP contribution in [0.25, 0.3) is 67.8 Å². The van der Waals surface area contributed by atoms with Crippen LogP contribution < -0.4 is 13.6 Å². The Kier molecular flexibility index (Phi) is 11.9. The van der Waals surface area contributed by atoms with Crippen molar-refractivity contribution in [1.29, 1.82) is 0 Å². The van der Waals surface area contributed by atoms with Gasteiger partial charge in [0, 0.05) is 0 Å². The van der Waals surface area contributed by atoms with Gasteiger partial charge in [0.1, 0.15) is 0 Å². The van der Waals surface area contributed by atoms with E-state index in [-0.39, 0.29) is 18.1 Å². The Hall–Kier alpha value is -5.08. The molecule has 349 valence electrons. The van der Waals surface area contributed by atoms with Gasteiger partial charge in [0.25, 0.3) is 0 Å². The first-order chi connectivity index (χ1) is 33.6. The second kappa shape index (κ2) is 17.6. The van der Waals surface area contributed by atoms with Gasteiger partial charge in [-0.3, -0.25) is 0 Å². The average molecular weight is 1050 g/mol. The molecule has 4 heteroatoms. The van der Waals surface area contributed by atoms with Crippen LogP contribution in [-0.4, -0.2) is 9.52 Å². The quantitative estimate of drug-likeness (QED) is 0.126. The first kappa shape index (κ1) is 47.3. The second-order valence-electron chi connectivity index (χ2n) is 22.1. The van der Waals surface area contributed by atoms with Gasteiger partial charge in [-0.05, 0) is 0 Å². The van der Waals surface area contributed by atoms with Crippen LogP contribution in [0.5, 0.6) is 0 Å². The SMILES string of the molecule is CCc1ccccc1-c1c(-c2ccccc2)ccc2c1C=C(C(C)(C)C)[CH]2[Zr]([Cl])([Cl])([c]1cccc2c1[SiH2]c1ccccc1-2)[CH]1C(C(C)(C)C)=Cc2c1ccc(-c1ccccc1)c2-c1ccccc1CC. The van der Waals surface area contributed by atoms with Crippen molar-refractivity contribution in [2.24, 2.45) is 10.8 Å². The van der Waals surface area contributed by atoms with Gasteiger partial charge in [-0.1, -0.05) is 0 Å². The average Bonchev–Trinajstić information content (AvgIpc) is 4.10. The number of aryl methyl sites for hydroxylation is 2. The number of fused-ring (bicyclic) bond motifs is 5. The molecule has 0 bridgehead atoms. The van der Waals surface area contributed by atoms with Crippen LogP contribution >= 0.6 is 17.0 Å². The molecule has 0 amide bonds. The van der Waals surface area contributed by atoms with Gasteiger partial charge in [0.05, 0.1) is 0 Å². The second-order valence-corrected chi connectivity index (χ2v) is 44.5. The van der Waals surface area contributed by atoms with E-state index in [0.29, 0.717) is 0 Å². The summed E-state index contributed by atoms with van der Waals surface area (Å²) < 4.78 is 0.794. The first-order valence-corrected chi connectivity index (χ1v) is 37.3. The molecule has 0 aromatic heterocycles. The molecular formula is C66H63Cl2SiZr. The molecule has 1 aliphatic heterocycles. The van der Waals surface area contributed by atoms with E-state index in [0.717, 1.165) is 12.8 Å². The maximum absolute atomic E-state index is 9.76. The Morgan fingerprint density at radius 2 is 0.843 bits per heavy atom. The molecule has 0 nitrogen and oxygen atoms in total. The molecule has 70 heavy (non-hydrogen) atoms. The molecule has 8 aromatic carbocycles. The van der Waals surface area contributed by atoms with E-state index in [1.54, 1.807) is 0 Å². The van der Waals surface area contributed by atoms with Gasteiger partial charge in [-0.15, -0.1) is 0 Å². The van der Waals surface area contributed by atoms with E-state index in [2.05, 4.69) is 243 Å². The van der Waals surface area contributed by atoms with Crippen molar-refractivity contribution in [2.45, 2.75) is 75.5 Å². The minimum atomic E-state index is -6.01. The Morgan fingerprint density at radius 1 is 0.429 bits per heavy atom. The Bertz CT molecular complexity index is 3260. The third-order valence-corrected chi connectivity index (χ3v) is 38.6. The molecule has 0 radical (unpaired) electrons. The fraction of sp³-hybridized carbons (Fsp3) is 0.212. The van der Waals surface area contributed by atoms with E-state index < -0.39 is 25.9 Å². The monoisotopic (exact) mass is 1040 g/mol. The summed E-state index contributed by atoms with van der Waals surface area (Å²) in [6.45, 7) is 18.9. The molecule has 0 saturated heterocycles. The summed E-state index contributed by atoms with van der Waals surface area (Å²) in [5.41, 5.74) is 22.6. The Morgan fingerprint density at radius 3 is 1.30 bits per heavy atom. The summed E-state index contributed by atoms with van der Waals surface area (Å²) in [5.74, 6) is 0. The fourth-order valence-electron chi connectivity index (χ4n) is 12.9. The van der Waals surface area contributed by atoms with Crippen molar-refractivity contribution in [3.05, 3.63) is 220 Å². The molecule has 0 N–H and O–H groups in total. The molecule has 8 aromatic rings. The van der Waals surface area contributed by atoms with Crippen molar-refractivity contribution >= 4 is 52.3 Å². The Labute approximate surface area is 427 Å². The third kappa shape index (κ3) is 7.45. The zero-order chi connectivity index (χ0) is 48.8. The number of hydrogen-bond acceptors (Lipinski definition) is 0.